The smallest absolute Gasteiger partial charge is 0.225 e. The van der Waals surface area contributed by atoms with Crippen LogP contribution in [0, 0.1) is 17.7 Å². The summed E-state index contributed by atoms with van der Waals surface area (Å²) in [6, 6.07) is 1.97. The van der Waals surface area contributed by atoms with Crippen LogP contribution in [0.4, 0.5) is 4.39 Å². The minimum absolute atomic E-state index is 0.0186. The molecule has 154 valence electrons. The summed E-state index contributed by atoms with van der Waals surface area (Å²) in [7, 11) is 0. The predicted octanol–water partition coefficient (Wildman–Crippen LogP) is 4.21. The second-order valence-electron chi connectivity index (χ2n) is 7.33. The summed E-state index contributed by atoms with van der Waals surface area (Å²) in [5.41, 5.74) is 0.176. The Morgan fingerprint density at radius 3 is 2.39 bits per heavy atom. The van der Waals surface area contributed by atoms with Gasteiger partial charge in [0.25, 0.3) is 0 Å². The fourth-order valence-electron chi connectivity index (χ4n) is 3.69. The zero-order valence-electron chi connectivity index (χ0n) is 16.0. The van der Waals surface area contributed by atoms with Crippen LogP contribution in [-0.2, 0) is 14.4 Å². The van der Waals surface area contributed by atoms with E-state index in [-0.39, 0.29) is 46.2 Å². The fraction of sp³-hybridized carbons (Fsp3) is 0.550. The highest BCUT2D eigenvalue weighted by Gasteiger charge is 2.33. The normalized spacial score (nSPS) is 16.5. The summed E-state index contributed by atoms with van der Waals surface area (Å²) >= 11 is 12.4. The van der Waals surface area contributed by atoms with E-state index in [0.29, 0.717) is 0 Å². The first-order chi connectivity index (χ1) is 13.2. The molecule has 8 heteroatoms. The number of rotatable bonds is 8. The highest BCUT2D eigenvalue weighted by molar-refractivity contribution is 6.42. The van der Waals surface area contributed by atoms with Crippen molar-refractivity contribution in [1.82, 2.24) is 10.6 Å². The minimum Gasteiger partial charge on any atom is -0.356 e. The van der Waals surface area contributed by atoms with Crippen LogP contribution >= 0.6 is 23.2 Å². The molecule has 0 bridgehead atoms. The second kappa shape index (κ2) is 10.2. The molecule has 1 aliphatic carbocycles. The number of hydrogen-bond acceptors (Lipinski definition) is 3. The molecule has 0 radical (unpaired) electrons. The van der Waals surface area contributed by atoms with Crippen LogP contribution in [0.2, 0.25) is 10.0 Å². The molecule has 0 aliphatic heterocycles. The maximum Gasteiger partial charge on any atom is 0.225 e. The molecule has 2 atom stereocenters. The van der Waals surface area contributed by atoms with Gasteiger partial charge in [0.1, 0.15) is 11.6 Å². The molecule has 1 aliphatic rings. The van der Waals surface area contributed by atoms with E-state index in [0.717, 1.165) is 25.7 Å². The Bertz CT molecular complexity index is 751. The van der Waals surface area contributed by atoms with E-state index in [1.165, 1.54) is 26.0 Å². The number of amides is 2. The Balaban J connectivity index is 2.31. The van der Waals surface area contributed by atoms with E-state index in [9.17, 15) is 18.8 Å². The third-order valence-corrected chi connectivity index (χ3v) is 5.88. The van der Waals surface area contributed by atoms with Crippen molar-refractivity contribution >= 4 is 40.8 Å². The number of benzene rings is 1. The summed E-state index contributed by atoms with van der Waals surface area (Å²) in [4.78, 5) is 35.7. The molecule has 2 N–H and O–H groups in total. The minimum atomic E-state index is -0.744. The van der Waals surface area contributed by atoms with Crippen molar-refractivity contribution in [1.29, 1.82) is 0 Å². The Morgan fingerprint density at radius 2 is 1.82 bits per heavy atom. The zero-order chi connectivity index (χ0) is 20.8. The van der Waals surface area contributed by atoms with Crippen LogP contribution in [0.15, 0.2) is 12.1 Å². The first-order valence-electron chi connectivity index (χ1n) is 9.38. The molecule has 28 heavy (non-hydrogen) atoms. The molecule has 1 saturated carbocycles. The van der Waals surface area contributed by atoms with Crippen LogP contribution in [0.25, 0.3) is 0 Å². The van der Waals surface area contributed by atoms with Crippen LogP contribution in [0.1, 0.15) is 57.6 Å². The fourth-order valence-corrected chi connectivity index (χ4v) is 4.12. The molecule has 0 unspecified atom stereocenters. The molecule has 0 spiro atoms. The zero-order valence-corrected chi connectivity index (χ0v) is 17.5. The number of ketones is 1. The molecule has 1 fully saturated rings. The first-order valence-corrected chi connectivity index (χ1v) is 10.1. The lowest BCUT2D eigenvalue weighted by molar-refractivity contribution is -0.130. The van der Waals surface area contributed by atoms with Gasteiger partial charge in [-0.1, -0.05) is 36.0 Å². The van der Waals surface area contributed by atoms with Crippen LogP contribution < -0.4 is 10.6 Å². The van der Waals surface area contributed by atoms with Gasteiger partial charge in [-0.25, -0.2) is 4.39 Å². The molecule has 0 heterocycles. The Labute approximate surface area is 174 Å². The van der Waals surface area contributed by atoms with Gasteiger partial charge in [0.2, 0.25) is 11.8 Å². The predicted molar refractivity (Wildman–Crippen MR) is 107 cm³/mol. The van der Waals surface area contributed by atoms with Gasteiger partial charge < -0.3 is 15.4 Å². The van der Waals surface area contributed by atoms with Gasteiger partial charge in [-0.2, -0.15) is 0 Å². The summed E-state index contributed by atoms with van der Waals surface area (Å²) in [6.45, 7) is 2.76. The van der Waals surface area contributed by atoms with Gasteiger partial charge >= 0.3 is 0 Å². The molecule has 1 aromatic rings. The quantitative estimate of drug-likeness (QED) is 0.606. The molecule has 2 amide bonds. The van der Waals surface area contributed by atoms with Crippen molar-refractivity contribution in [2.75, 3.05) is 6.54 Å². The van der Waals surface area contributed by atoms with Crippen molar-refractivity contribution < 1.29 is 18.8 Å². The monoisotopic (exact) mass is 430 g/mol. The number of nitrogens with one attached hydrogen (secondary N) is 2. The van der Waals surface area contributed by atoms with Gasteiger partial charge in [0, 0.05) is 25.5 Å². The molecular weight excluding hydrogens is 406 g/mol. The number of hydrogen-bond donors (Lipinski definition) is 2. The number of Topliss-reactive ketones (excluding diaryl/α,β-unsaturated/α-hetero) is 1. The molecular formula is C20H25Cl2FN2O3. The summed E-state index contributed by atoms with van der Waals surface area (Å²) in [5, 5.41) is 5.76. The lowest BCUT2D eigenvalue weighted by Gasteiger charge is -2.28. The average molecular weight is 431 g/mol. The molecule has 0 aromatic heterocycles. The number of halogens is 3. The highest BCUT2D eigenvalue weighted by Crippen LogP contribution is 2.41. The largest absolute Gasteiger partial charge is 0.356 e. The van der Waals surface area contributed by atoms with Crippen molar-refractivity contribution in [3.8, 4) is 0 Å². The van der Waals surface area contributed by atoms with E-state index in [1.807, 2.05) is 0 Å². The standard InChI is InChI=1S/C20H25Cl2FN2O3/c1-11(26)9-14(10-24-12(2)27)20(28)25-19(13-5-3-4-6-13)17-16(23)8-7-15(21)18(17)22/h7-8,13-14,19H,3-6,9-10H2,1-2H3,(H,24,27)(H,25,28)/t14-,19-/m1/s1. The van der Waals surface area contributed by atoms with Crippen LogP contribution in [0.5, 0.6) is 0 Å². The lowest BCUT2D eigenvalue weighted by Crippen LogP contribution is -2.42. The summed E-state index contributed by atoms with van der Waals surface area (Å²) in [5.74, 6) is -2.14. The number of carbonyl (C=O) groups excluding carboxylic acids is 3. The van der Waals surface area contributed by atoms with E-state index >= 15 is 0 Å². The van der Waals surface area contributed by atoms with Crippen LogP contribution in [-0.4, -0.2) is 24.1 Å². The van der Waals surface area contributed by atoms with Gasteiger partial charge in [0.05, 0.1) is 22.0 Å². The van der Waals surface area contributed by atoms with Gasteiger partial charge in [-0.05, 0) is 37.8 Å². The lowest BCUT2D eigenvalue weighted by atomic mass is 9.90. The molecule has 1 aromatic carbocycles. The summed E-state index contributed by atoms with van der Waals surface area (Å²) in [6.07, 6.45) is 3.61. The maximum absolute atomic E-state index is 14.6. The third-order valence-electron chi connectivity index (χ3n) is 5.06. The average Bonchev–Trinajstić information content (AvgIpc) is 3.15. The topological polar surface area (TPSA) is 75.3 Å². The van der Waals surface area contributed by atoms with Crippen molar-refractivity contribution in [3.05, 3.63) is 33.6 Å². The van der Waals surface area contributed by atoms with Gasteiger partial charge in [0.15, 0.2) is 0 Å². The Kier molecular flexibility index (Phi) is 8.25. The van der Waals surface area contributed by atoms with E-state index in [2.05, 4.69) is 10.6 Å². The third kappa shape index (κ3) is 5.92. The maximum atomic E-state index is 14.6. The van der Waals surface area contributed by atoms with E-state index in [1.54, 1.807) is 0 Å². The highest BCUT2D eigenvalue weighted by atomic mass is 35.5. The van der Waals surface area contributed by atoms with Crippen LogP contribution in [0.3, 0.4) is 0 Å². The molecule has 5 nitrogen and oxygen atoms in total. The first kappa shape index (κ1) is 22.6. The second-order valence-corrected chi connectivity index (χ2v) is 8.11. The van der Waals surface area contributed by atoms with Crippen molar-refractivity contribution in [2.24, 2.45) is 11.8 Å². The molecule has 2 rings (SSSR count). The Morgan fingerprint density at radius 1 is 1.18 bits per heavy atom. The molecule has 0 saturated heterocycles. The SMILES string of the molecule is CC(=O)C[C@H](CNC(C)=O)C(=O)N[C@@H](c1c(F)ccc(Cl)c1Cl)C1CCCC1. The van der Waals surface area contributed by atoms with Crippen molar-refractivity contribution in [3.63, 3.8) is 0 Å². The van der Waals surface area contributed by atoms with E-state index < -0.39 is 23.7 Å². The van der Waals surface area contributed by atoms with Gasteiger partial charge in [-0.15, -0.1) is 0 Å². The van der Waals surface area contributed by atoms with Crippen molar-refractivity contribution in [2.45, 2.75) is 52.0 Å². The number of carbonyl (C=O) groups is 3. The Hall–Kier alpha value is -1.66. The van der Waals surface area contributed by atoms with Gasteiger partial charge in [-0.3, -0.25) is 9.59 Å². The van der Waals surface area contributed by atoms with E-state index in [4.69, 9.17) is 23.2 Å². The summed E-state index contributed by atoms with van der Waals surface area (Å²) < 4.78 is 14.6.